The third kappa shape index (κ3) is 2.25. The summed E-state index contributed by atoms with van der Waals surface area (Å²) in [6.45, 7) is 3.07. The second-order valence-corrected chi connectivity index (χ2v) is 7.00. The fourth-order valence-electron chi connectivity index (χ4n) is 3.79. The summed E-state index contributed by atoms with van der Waals surface area (Å²) >= 11 is 3.57. The molecule has 1 spiro atoms. The van der Waals surface area contributed by atoms with Crippen LogP contribution in [0.1, 0.15) is 32.1 Å². The molecule has 1 saturated heterocycles. The van der Waals surface area contributed by atoms with Crippen LogP contribution < -0.4 is 10.2 Å². The van der Waals surface area contributed by atoms with Crippen LogP contribution in [0.4, 0.5) is 5.95 Å². The monoisotopic (exact) mass is 349 g/mol. The highest BCUT2D eigenvalue weighted by Crippen LogP contribution is 2.36. The Balaban J connectivity index is 1.76. The van der Waals surface area contributed by atoms with E-state index < -0.39 is 0 Å². The summed E-state index contributed by atoms with van der Waals surface area (Å²) in [4.78, 5) is 7.25. The van der Waals surface area contributed by atoms with Crippen molar-refractivity contribution in [2.24, 2.45) is 0 Å². The number of pyridine rings is 1. The zero-order chi connectivity index (χ0) is 14.3. The molecule has 6 heteroatoms. The molecule has 4 rings (SSSR count). The predicted octanol–water partition coefficient (Wildman–Crippen LogP) is 2.60. The summed E-state index contributed by atoms with van der Waals surface area (Å²) < 4.78 is 2.87. The SMILES string of the molecule is Brc1cccn2nc(N3CCNCC34CCCCC4)nc12. The predicted molar refractivity (Wildman–Crippen MR) is 86.7 cm³/mol. The van der Waals surface area contributed by atoms with Gasteiger partial charge in [0.1, 0.15) is 0 Å². The molecule has 2 aliphatic rings. The molecule has 5 nitrogen and oxygen atoms in total. The summed E-state index contributed by atoms with van der Waals surface area (Å²) in [5, 5.41) is 8.30. The average molecular weight is 350 g/mol. The highest BCUT2D eigenvalue weighted by atomic mass is 79.9. The van der Waals surface area contributed by atoms with Gasteiger partial charge in [0.25, 0.3) is 0 Å². The Kier molecular flexibility index (Phi) is 3.38. The molecule has 3 heterocycles. The largest absolute Gasteiger partial charge is 0.331 e. The first-order valence-electron chi connectivity index (χ1n) is 7.78. The van der Waals surface area contributed by atoms with E-state index in [4.69, 9.17) is 10.1 Å². The Bertz CT molecular complexity index is 638. The summed E-state index contributed by atoms with van der Waals surface area (Å²) in [6, 6.07) is 4.01. The van der Waals surface area contributed by atoms with Crippen LogP contribution in [-0.2, 0) is 0 Å². The van der Waals surface area contributed by atoms with Crippen LogP contribution in [0.2, 0.25) is 0 Å². The Hall–Kier alpha value is -1.14. The molecule has 1 aliphatic heterocycles. The minimum Gasteiger partial charge on any atom is -0.331 e. The van der Waals surface area contributed by atoms with Crippen LogP contribution >= 0.6 is 15.9 Å². The molecule has 1 N–H and O–H groups in total. The van der Waals surface area contributed by atoms with E-state index in [1.165, 1.54) is 32.1 Å². The Morgan fingerprint density at radius 3 is 2.90 bits per heavy atom. The lowest BCUT2D eigenvalue weighted by Crippen LogP contribution is -2.62. The molecule has 0 amide bonds. The number of anilines is 1. The topological polar surface area (TPSA) is 45.5 Å². The first-order valence-corrected chi connectivity index (χ1v) is 8.57. The molecule has 21 heavy (non-hydrogen) atoms. The number of nitrogens with one attached hydrogen (secondary N) is 1. The van der Waals surface area contributed by atoms with Crippen LogP contribution in [0, 0.1) is 0 Å². The van der Waals surface area contributed by atoms with Gasteiger partial charge in [0.15, 0.2) is 5.65 Å². The molecular weight excluding hydrogens is 330 g/mol. The van der Waals surface area contributed by atoms with E-state index >= 15 is 0 Å². The van der Waals surface area contributed by atoms with Gasteiger partial charge in [-0.25, -0.2) is 4.52 Å². The van der Waals surface area contributed by atoms with E-state index in [1.807, 2.05) is 22.8 Å². The lowest BCUT2D eigenvalue weighted by atomic mass is 9.79. The molecule has 2 fully saturated rings. The molecule has 0 atom stereocenters. The number of hydrogen-bond acceptors (Lipinski definition) is 4. The molecule has 112 valence electrons. The number of nitrogens with zero attached hydrogens (tertiary/aromatic N) is 4. The third-order valence-corrected chi connectivity index (χ3v) is 5.49. The molecular formula is C15H20BrN5. The van der Waals surface area contributed by atoms with Crippen molar-refractivity contribution in [1.29, 1.82) is 0 Å². The summed E-state index contributed by atoms with van der Waals surface area (Å²) in [6.07, 6.45) is 8.45. The summed E-state index contributed by atoms with van der Waals surface area (Å²) in [5.74, 6) is 0.880. The molecule has 2 aromatic heterocycles. The van der Waals surface area contributed by atoms with E-state index in [2.05, 4.69) is 26.1 Å². The third-order valence-electron chi connectivity index (χ3n) is 4.87. The first-order chi connectivity index (χ1) is 10.3. The maximum absolute atomic E-state index is 4.79. The maximum Gasteiger partial charge on any atom is 0.246 e. The number of hydrogen-bond donors (Lipinski definition) is 1. The van der Waals surface area contributed by atoms with Crippen molar-refractivity contribution >= 4 is 27.5 Å². The van der Waals surface area contributed by atoms with Gasteiger partial charge in [-0.3, -0.25) is 0 Å². The zero-order valence-corrected chi connectivity index (χ0v) is 13.6. The quantitative estimate of drug-likeness (QED) is 0.859. The van der Waals surface area contributed by atoms with E-state index in [0.29, 0.717) is 0 Å². The Morgan fingerprint density at radius 2 is 2.10 bits per heavy atom. The van der Waals surface area contributed by atoms with E-state index in [0.717, 1.165) is 35.7 Å². The van der Waals surface area contributed by atoms with Gasteiger partial charge in [0.2, 0.25) is 5.95 Å². The molecule has 0 aromatic carbocycles. The van der Waals surface area contributed by atoms with Crippen LogP contribution in [0.25, 0.3) is 5.65 Å². The van der Waals surface area contributed by atoms with Crippen LogP contribution in [0.3, 0.4) is 0 Å². The number of fused-ring (bicyclic) bond motifs is 1. The molecule has 0 radical (unpaired) electrons. The number of halogens is 1. The Morgan fingerprint density at radius 1 is 1.24 bits per heavy atom. The van der Waals surface area contributed by atoms with Gasteiger partial charge in [-0.1, -0.05) is 19.3 Å². The molecule has 0 bridgehead atoms. The fourth-order valence-corrected chi connectivity index (χ4v) is 4.21. The van der Waals surface area contributed by atoms with Gasteiger partial charge >= 0.3 is 0 Å². The molecule has 0 unspecified atom stereocenters. The summed E-state index contributed by atoms with van der Waals surface area (Å²) in [5.41, 5.74) is 1.12. The first kappa shape index (κ1) is 13.5. The van der Waals surface area contributed by atoms with Crippen molar-refractivity contribution in [2.45, 2.75) is 37.6 Å². The second kappa shape index (κ2) is 5.25. The minimum absolute atomic E-state index is 0.216. The fraction of sp³-hybridized carbons (Fsp3) is 0.600. The van der Waals surface area contributed by atoms with Gasteiger partial charge in [-0.15, -0.1) is 5.10 Å². The zero-order valence-electron chi connectivity index (χ0n) is 12.1. The van der Waals surface area contributed by atoms with Crippen molar-refractivity contribution < 1.29 is 0 Å². The van der Waals surface area contributed by atoms with Gasteiger partial charge < -0.3 is 10.2 Å². The number of rotatable bonds is 1. The average Bonchev–Trinajstić information content (AvgIpc) is 2.94. The smallest absolute Gasteiger partial charge is 0.246 e. The maximum atomic E-state index is 4.79. The van der Waals surface area contributed by atoms with Crippen molar-refractivity contribution in [3.8, 4) is 0 Å². The van der Waals surface area contributed by atoms with E-state index in [9.17, 15) is 0 Å². The van der Waals surface area contributed by atoms with Gasteiger partial charge in [0.05, 0.1) is 10.0 Å². The van der Waals surface area contributed by atoms with Crippen molar-refractivity contribution in [1.82, 2.24) is 19.9 Å². The highest BCUT2D eigenvalue weighted by Gasteiger charge is 2.41. The number of piperazine rings is 1. The van der Waals surface area contributed by atoms with Gasteiger partial charge in [-0.2, -0.15) is 4.98 Å². The van der Waals surface area contributed by atoms with Crippen molar-refractivity contribution in [2.75, 3.05) is 24.5 Å². The van der Waals surface area contributed by atoms with Crippen molar-refractivity contribution in [3.05, 3.63) is 22.8 Å². The number of aromatic nitrogens is 3. The molecule has 2 aromatic rings. The van der Waals surface area contributed by atoms with E-state index in [1.54, 1.807) is 0 Å². The highest BCUT2D eigenvalue weighted by molar-refractivity contribution is 9.10. The second-order valence-electron chi connectivity index (χ2n) is 6.15. The lowest BCUT2D eigenvalue weighted by molar-refractivity contribution is 0.238. The lowest BCUT2D eigenvalue weighted by Gasteiger charge is -2.49. The summed E-state index contributed by atoms with van der Waals surface area (Å²) in [7, 11) is 0. The molecule has 1 aliphatic carbocycles. The molecule has 1 saturated carbocycles. The van der Waals surface area contributed by atoms with Crippen LogP contribution in [0.5, 0.6) is 0 Å². The minimum atomic E-state index is 0.216. The Labute approximate surface area is 132 Å². The van der Waals surface area contributed by atoms with Gasteiger partial charge in [0, 0.05) is 25.8 Å². The normalized spacial score (nSPS) is 22.0. The van der Waals surface area contributed by atoms with Crippen molar-refractivity contribution in [3.63, 3.8) is 0 Å². The van der Waals surface area contributed by atoms with Crippen LogP contribution in [0.15, 0.2) is 22.8 Å². The van der Waals surface area contributed by atoms with Gasteiger partial charge in [-0.05, 0) is 40.9 Å². The van der Waals surface area contributed by atoms with Crippen LogP contribution in [-0.4, -0.2) is 39.8 Å². The van der Waals surface area contributed by atoms with E-state index in [-0.39, 0.29) is 5.54 Å². The standard InChI is InChI=1S/C15H20BrN5/c16-12-5-4-9-21-13(12)18-14(19-21)20-10-8-17-11-15(20)6-2-1-3-7-15/h4-5,9,17H,1-3,6-8,10-11H2.